The van der Waals surface area contributed by atoms with Crippen LogP contribution in [0.2, 0.25) is 0 Å². The number of carbonyl (C=O) groups is 2. The van der Waals surface area contributed by atoms with Gasteiger partial charge in [0.1, 0.15) is 5.60 Å². The van der Waals surface area contributed by atoms with Crippen molar-refractivity contribution in [2.75, 3.05) is 6.61 Å². The molecule has 2 N–H and O–H groups in total. The van der Waals surface area contributed by atoms with E-state index in [1.54, 1.807) is 20.8 Å². The average Bonchev–Trinajstić information content (AvgIpc) is 3.08. The molecule has 2 amide bonds. The van der Waals surface area contributed by atoms with E-state index in [2.05, 4.69) is 15.4 Å². The van der Waals surface area contributed by atoms with Crippen LogP contribution in [-0.4, -0.2) is 41.6 Å². The first-order chi connectivity index (χ1) is 11.3. The highest BCUT2D eigenvalue weighted by Crippen LogP contribution is 2.60. The molecule has 0 heterocycles. The highest BCUT2D eigenvalue weighted by molar-refractivity contribution is 5.83. The average molecular weight is 364 g/mol. The standard InChI is InChI=1S/C16H23F3N2O4/c1-13(2,3)25-12(23)21-15-6-14(7-15,8-15)20-11(22)10-4-9(10)5-24-16(17,18)19/h9-10H,4-8H2,1-3H3,(H,20,22)(H,21,23)/t9-,10-,14?,15?/m1/s1. The Morgan fingerprint density at radius 2 is 1.64 bits per heavy atom. The molecule has 0 radical (unpaired) electrons. The number of amides is 2. The molecule has 0 saturated heterocycles. The third kappa shape index (κ3) is 4.19. The van der Waals surface area contributed by atoms with Crippen LogP contribution in [-0.2, 0) is 14.3 Å². The third-order valence-corrected chi connectivity index (χ3v) is 4.91. The SMILES string of the molecule is CC(C)(C)OC(=O)NC12CC(NC(=O)[C@@H]3C[C@@H]3COC(F)(F)F)(C1)C2. The highest BCUT2D eigenvalue weighted by Gasteiger charge is 2.70. The largest absolute Gasteiger partial charge is 0.522 e. The van der Waals surface area contributed by atoms with Gasteiger partial charge in [0.05, 0.1) is 12.1 Å². The molecule has 2 atom stereocenters. The number of nitrogens with one attached hydrogen (secondary N) is 2. The normalized spacial score (nSPS) is 35.9. The van der Waals surface area contributed by atoms with E-state index in [-0.39, 0.29) is 22.9 Å². The van der Waals surface area contributed by atoms with Gasteiger partial charge in [0.15, 0.2) is 0 Å². The molecule has 0 unspecified atom stereocenters. The van der Waals surface area contributed by atoms with E-state index < -0.39 is 30.6 Å². The smallest absolute Gasteiger partial charge is 0.444 e. The van der Waals surface area contributed by atoms with Crippen LogP contribution in [0, 0.1) is 11.8 Å². The molecule has 4 saturated carbocycles. The van der Waals surface area contributed by atoms with Crippen molar-refractivity contribution in [3.63, 3.8) is 0 Å². The fraction of sp³-hybridized carbons (Fsp3) is 0.875. The Morgan fingerprint density at radius 3 is 2.16 bits per heavy atom. The zero-order chi connectivity index (χ0) is 18.7. The fourth-order valence-corrected chi connectivity index (χ4v) is 3.88. The van der Waals surface area contributed by atoms with Crippen molar-refractivity contribution in [3.05, 3.63) is 0 Å². The molecule has 142 valence electrons. The maximum atomic E-state index is 12.1. The van der Waals surface area contributed by atoms with Crippen LogP contribution in [0.3, 0.4) is 0 Å². The van der Waals surface area contributed by atoms with Crippen LogP contribution in [0.4, 0.5) is 18.0 Å². The highest BCUT2D eigenvalue weighted by atomic mass is 19.4. The minimum absolute atomic E-state index is 0.221. The number of hydrogen-bond acceptors (Lipinski definition) is 4. The molecule has 2 bridgehead atoms. The number of alkyl carbamates (subject to hydrolysis) is 1. The van der Waals surface area contributed by atoms with Crippen molar-refractivity contribution < 1.29 is 32.2 Å². The third-order valence-electron chi connectivity index (χ3n) is 4.91. The van der Waals surface area contributed by atoms with Gasteiger partial charge < -0.3 is 15.4 Å². The Bertz CT molecular complexity index is 565. The van der Waals surface area contributed by atoms with E-state index in [0.717, 1.165) is 0 Å². The van der Waals surface area contributed by atoms with Crippen molar-refractivity contribution in [3.8, 4) is 0 Å². The Labute approximate surface area is 143 Å². The Morgan fingerprint density at radius 1 is 1.08 bits per heavy atom. The first kappa shape index (κ1) is 18.3. The number of rotatable bonds is 5. The van der Waals surface area contributed by atoms with Gasteiger partial charge in [-0.15, -0.1) is 13.2 Å². The van der Waals surface area contributed by atoms with Gasteiger partial charge in [0.2, 0.25) is 5.91 Å². The van der Waals surface area contributed by atoms with E-state index in [9.17, 15) is 22.8 Å². The van der Waals surface area contributed by atoms with Gasteiger partial charge in [0, 0.05) is 11.5 Å². The van der Waals surface area contributed by atoms with Crippen molar-refractivity contribution in [1.82, 2.24) is 10.6 Å². The number of halogens is 3. The molecule has 4 fully saturated rings. The number of alkyl halides is 3. The molecule has 0 aliphatic heterocycles. The predicted molar refractivity (Wildman–Crippen MR) is 80.4 cm³/mol. The molecular formula is C16H23F3N2O4. The van der Waals surface area contributed by atoms with E-state index >= 15 is 0 Å². The number of carbonyl (C=O) groups excluding carboxylic acids is 2. The summed E-state index contributed by atoms with van der Waals surface area (Å²) in [4.78, 5) is 23.9. The second kappa shape index (κ2) is 5.49. The lowest BCUT2D eigenvalue weighted by atomic mass is 9.44. The fourth-order valence-electron chi connectivity index (χ4n) is 3.88. The van der Waals surface area contributed by atoms with Crippen molar-refractivity contribution in [2.45, 2.75) is 69.5 Å². The second-order valence-corrected chi connectivity index (χ2v) is 8.57. The lowest BCUT2D eigenvalue weighted by Gasteiger charge is -2.70. The summed E-state index contributed by atoms with van der Waals surface area (Å²) in [7, 11) is 0. The molecule has 4 aliphatic rings. The van der Waals surface area contributed by atoms with Gasteiger partial charge in [0.25, 0.3) is 0 Å². The van der Waals surface area contributed by atoms with Gasteiger partial charge in [-0.1, -0.05) is 0 Å². The van der Waals surface area contributed by atoms with E-state index in [0.29, 0.717) is 25.7 Å². The summed E-state index contributed by atoms with van der Waals surface area (Å²) in [6, 6.07) is 0. The van der Waals surface area contributed by atoms with Gasteiger partial charge >= 0.3 is 12.5 Å². The topological polar surface area (TPSA) is 76.7 Å². The van der Waals surface area contributed by atoms with Gasteiger partial charge in [-0.2, -0.15) is 0 Å². The Hall–Kier alpha value is -1.51. The molecule has 4 aliphatic carbocycles. The van der Waals surface area contributed by atoms with E-state index in [1.165, 1.54) is 0 Å². The summed E-state index contributed by atoms with van der Waals surface area (Å²) in [5.74, 6) is -1.00. The minimum Gasteiger partial charge on any atom is -0.444 e. The van der Waals surface area contributed by atoms with Crippen LogP contribution in [0.25, 0.3) is 0 Å². The lowest BCUT2D eigenvalue weighted by Crippen LogP contribution is -2.84. The van der Waals surface area contributed by atoms with Gasteiger partial charge in [-0.05, 0) is 52.4 Å². The van der Waals surface area contributed by atoms with E-state index in [1.807, 2.05) is 0 Å². The molecule has 0 aromatic carbocycles. The number of hydrogen-bond donors (Lipinski definition) is 2. The van der Waals surface area contributed by atoms with Crippen LogP contribution >= 0.6 is 0 Å². The molecule has 6 nitrogen and oxygen atoms in total. The van der Waals surface area contributed by atoms with E-state index in [4.69, 9.17) is 4.74 Å². The maximum absolute atomic E-state index is 12.1. The number of ether oxygens (including phenoxy) is 2. The van der Waals surface area contributed by atoms with Crippen molar-refractivity contribution in [1.29, 1.82) is 0 Å². The van der Waals surface area contributed by atoms with Crippen LogP contribution in [0.5, 0.6) is 0 Å². The van der Waals surface area contributed by atoms with Crippen molar-refractivity contribution >= 4 is 12.0 Å². The molecule has 0 aromatic heterocycles. The Kier molecular flexibility index (Phi) is 4.02. The molecule has 25 heavy (non-hydrogen) atoms. The molecule has 4 rings (SSSR count). The predicted octanol–water partition coefficient (Wildman–Crippen LogP) is 2.47. The summed E-state index contributed by atoms with van der Waals surface area (Å²) in [6.07, 6.45) is -2.83. The first-order valence-corrected chi connectivity index (χ1v) is 8.34. The molecule has 9 heteroatoms. The summed E-state index contributed by atoms with van der Waals surface area (Å²) >= 11 is 0. The lowest BCUT2D eigenvalue weighted by molar-refractivity contribution is -0.326. The summed E-state index contributed by atoms with van der Waals surface area (Å²) in [6.45, 7) is 4.87. The minimum atomic E-state index is -4.66. The van der Waals surface area contributed by atoms with Crippen LogP contribution in [0.1, 0.15) is 46.5 Å². The summed E-state index contributed by atoms with van der Waals surface area (Å²) in [5.41, 5.74) is -1.22. The summed E-state index contributed by atoms with van der Waals surface area (Å²) < 4.78 is 45.0. The van der Waals surface area contributed by atoms with Crippen LogP contribution < -0.4 is 10.6 Å². The zero-order valence-corrected chi connectivity index (χ0v) is 14.5. The molecule has 0 aromatic rings. The van der Waals surface area contributed by atoms with Gasteiger partial charge in [-0.3, -0.25) is 9.53 Å². The van der Waals surface area contributed by atoms with Crippen LogP contribution in [0.15, 0.2) is 0 Å². The molecule has 0 spiro atoms. The summed E-state index contributed by atoms with van der Waals surface area (Å²) in [5, 5.41) is 5.77. The zero-order valence-electron chi connectivity index (χ0n) is 14.5. The maximum Gasteiger partial charge on any atom is 0.522 e. The monoisotopic (exact) mass is 364 g/mol. The first-order valence-electron chi connectivity index (χ1n) is 8.34. The van der Waals surface area contributed by atoms with Crippen molar-refractivity contribution in [2.24, 2.45) is 11.8 Å². The quantitative estimate of drug-likeness (QED) is 0.786. The second-order valence-electron chi connectivity index (χ2n) is 8.57. The molecular weight excluding hydrogens is 341 g/mol. The Balaban J connectivity index is 1.37. The van der Waals surface area contributed by atoms with Gasteiger partial charge in [-0.25, -0.2) is 4.79 Å².